The van der Waals surface area contributed by atoms with Gasteiger partial charge < -0.3 is 0 Å². The van der Waals surface area contributed by atoms with Crippen LogP contribution in [0.4, 0.5) is 0 Å². The van der Waals surface area contributed by atoms with Crippen LogP contribution >= 0.6 is 62.5 Å². The van der Waals surface area contributed by atoms with E-state index in [1.807, 2.05) is 30.3 Å². The lowest BCUT2D eigenvalue weighted by Crippen LogP contribution is -2.23. The lowest BCUT2D eigenvalue weighted by molar-refractivity contribution is 0.597. The first-order valence-electron chi connectivity index (χ1n) is 5.99. The molecule has 2 aromatic carbocycles. The van der Waals surface area contributed by atoms with Crippen LogP contribution in [0.1, 0.15) is 5.56 Å². The van der Waals surface area contributed by atoms with E-state index in [0.29, 0.717) is 15.2 Å². The first-order valence-corrected chi connectivity index (χ1v) is 10.4. The average molecular weight is 461 g/mol. The van der Waals surface area contributed by atoms with Crippen LogP contribution in [-0.2, 0) is 15.6 Å². The second kappa shape index (κ2) is 7.32. The molecule has 2 rings (SSSR count). The van der Waals surface area contributed by atoms with Gasteiger partial charge in [0.25, 0.3) is 3.00 Å². The molecule has 0 unspecified atom stereocenters. The highest BCUT2D eigenvalue weighted by molar-refractivity contribution is 9.10. The van der Waals surface area contributed by atoms with Crippen molar-refractivity contribution in [2.75, 3.05) is 0 Å². The van der Waals surface area contributed by atoms with E-state index in [9.17, 15) is 8.42 Å². The molecule has 0 radical (unpaired) electrons. The van der Waals surface area contributed by atoms with Gasteiger partial charge in [-0.15, -0.1) is 11.8 Å². The number of hydrogen-bond acceptors (Lipinski definition) is 3. The highest BCUT2D eigenvalue weighted by atomic mass is 79.9. The van der Waals surface area contributed by atoms with E-state index < -0.39 is 12.8 Å². The Balaban J connectivity index is 2.24. The summed E-state index contributed by atoms with van der Waals surface area (Å²) in [5.41, 5.74) is 0.936. The number of alkyl halides is 2. The molecule has 0 heterocycles. The van der Waals surface area contributed by atoms with Crippen molar-refractivity contribution >= 4 is 72.3 Å². The Morgan fingerprint density at radius 2 is 1.73 bits per heavy atom. The largest absolute Gasteiger partial charge is 0.269 e. The summed E-state index contributed by atoms with van der Waals surface area (Å²) in [7, 11) is -3.94. The van der Waals surface area contributed by atoms with Gasteiger partial charge in [0.05, 0.1) is 9.92 Å². The van der Waals surface area contributed by atoms with Gasteiger partial charge in [-0.25, -0.2) is 8.42 Å². The maximum atomic E-state index is 12.6. The van der Waals surface area contributed by atoms with Crippen molar-refractivity contribution < 1.29 is 8.42 Å². The van der Waals surface area contributed by atoms with E-state index in [2.05, 4.69) is 15.9 Å². The van der Waals surface area contributed by atoms with Crippen LogP contribution in [0.3, 0.4) is 0 Å². The Kier molecular flexibility index (Phi) is 6.14. The lowest BCUT2D eigenvalue weighted by Gasteiger charge is -2.20. The Bertz CT molecular complexity index is 765. The maximum absolute atomic E-state index is 12.6. The SMILES string of the molecule is O=S(=O)(c1ccc(Cl)c(Br)c1)C(Cl)(Cl)SCc1ccccc1. The fourth-order valence-electron chi connectivity index (χ4n) is 1.60. The zero-order valence-corrected chi connectivity index (χ0v) is 16.5. The molecule has 0 N–H and O–H groups in total. The molecule has 2 nitrogen and oxygen atoms in total. The Labute approximate surface area is 157 Å². The van der Waals surface area contributed by atoms with Crippen molar-refractivity contribution in [2.24, 2.45) is 0 Å². The van der Waals surface area contributed by atoms with Crippen molar-refractivity contribution in [3.8, 4) is 0 Å². The number of thioether (sulfide) groups is 1. The van der Waals surface area contributed by atoms with Crippen LogP contribution < -0.4 is 0 Å². The number of sulfone groups is 1. The molecule has 0 aliphatic rings. The first kappa shape index (κ1) is 18.4. The van der Waals surface area contributed by atoms with Crippen LogP contribution in [0.5, 0.6) is 0 Å². The van der Waals surface area contributed by atoms with Gasteiger partial charge in [0, 0.05) is 10.2 Å². The fraction of sp³-hybridized carbons (Fsp3) is 0.143. The number of rotatable bonds is 5. The highest BCUT2D eigenvalue weighted by Crippen LogP contribution is 2.45. The molecule has 0 saturated carbocycles. The molecule has 8 heteroatoms. The van der Waals surface area contributed by atoms with Gasteiger partial charge in [-0.05, 0) is 39.7 Å². The molecular weight excluding hydrogens is 451 g/mol. The zero-order valence-electron chi connectivity index (χ0n) is 11.0. The van der Waals surface area contributed by atoms with Crippen molar-refractivity contribution in [1.29, 1.82) is 0 Å². The van der Waals surface area contributed by atoms with Crippen molar-refractivity contribution in [3.63, 3.8) is 0 Å². The molecule has 0 amide bonds. The van der Waals surface area contributed by atoms with Crippen LogP contribution in [-0.4, -0.2) is 11.4 Å². The Hall–Kier alpha value is 0.0900. The van der Waals surface area contributed by atoms with Gasteiger partial charge in [0.2, 0.25) is 9.84 Å². The molecule has 22 heavy (non-hydrogen) atoms. The zero-order chi connectivity index (χ0) is 16.4. The first-order chi connectivity index (χ1) is 10.2. The third kappa shape index (κ3) is 4.13. The summed E-state index contributed by atoms with van der Waals surface area (Å²) in [5.74, 6) is 0.377. The third-order valence-electron chi connectivity index (χ3n) is 2.76. The van der Waals surface area contributed by atoms with Crippen LogP contribution in [0, 0.1) is 0 Å². The van der Waals surface area contributed by atoms with E-state index in [4.69, 9.17) is 34.8 Å². The maximum Gasteiger partial charge on any atom is 0.269 e. The average Bonchev–Trinajstić information content (AvgIpc) is 2.49. The van der Waals surface area contributed by atoms with E-state index in [0.717, 1.165) is 17.3 Å². The second-order valence-corrected chi connectivity index (χ2v) is 11.3. The van der Waals surface area contributed by atoms with E-state index in [1.165, 1.54) is 18.2 Å². The number of halogens is 4. The predicted molar refractivity (Wildman–Crippen MR) is 98.5 cm³/mol. The van der Waals surface area contributed by atoms with Gasteiger partial charge in [-0.3, -0.25) is 0 Å². The third-order valence-corrected chi connectivity index (χ3v) is 9.18. The topological polar surface area (TPSA) is 34.1 Å². The molecule has 0 aliphatic heterocycles. The lowest BCUT2D eigenvalue weighted by atomic mass is 10.2. The van der Waals surface area contributed by atoms with E-state index in [1.54, 1.807) is 0 Å². The standard InChI is InChI=1S/C14H10BrCl3O2S2/c15-12-8-11(6-7-13(12)16)22(19,20)14(17,18)21-9-10-4-2-1-3-5-10/h1-8H,9H2. The van der Waals surface area contributed by atoms with Crippen LogP contribution in [0.15, 0.2) is 57.9 Å². The molecule has 0 spiro atoms. The summed E-state index contributed by atoms with van der Waals surface area (Å²) in [6.07, 6.45) is 0. The monoisotopic (exact) mass is 458 g/mol. The van der Waals surface area contributed by atoms with Crippen molar-refractivity contribution in [1.82, 2.24) is 0 Å². The minimum absolute atomic E-state index is 0.00865. The van der Waals surface area contributed by atoms with E-state index in [-0.39, 0.29) is 4.90 Å². The minimum atomic E-state index is -3.94. The Morgan fingerprint density at radius 3 is 2.32 bits per heavy atom. The minimum Gasteiger partial charge on any atom is -0.220 e. The molecule has 0 bridgehead atoms. The Morgan fingerprint density at radius 1 is 1.09 bits per heavy atom. The van der Waals surface area contributed by atoms with Gasteiger partial charge >= 0.3 is 0 Å². The summed E-state index contributed by atoms with van der Waals surface area (Å²) in [6, 6.07) is 13.6. The highest BCUT2D eigenvalue weighted by Gasteiger charge is 2.42. The molecule has 0 fully saturated rings. The predicted octanol–water partition coefficient (Wildman–Crippen LogP) is 5.90. The molecule has 0 aliphatic carbocycles. The normalized spacial score (nSPS) is 12.4. The number of benzene rings is 2. The van der Waals surface area contributed by atoms with Crippen LogP contribution in [0.25, 0.3) is 0 Å². The van der Waals surface area contributed by atoms with E-state index >= 15 is 0 Å². The van der Waals surface area contributed by atoms with Crippen molar-refractivity contribution in [3.05, 3.63) is 63.6 Å². The van der Waals surface area contributed by atoms with Gasteiger partial charge in [-0.2, -0.15) is 0 Å². The molecule has 118 valence electrons. The molecule has 2 aromatic rings. The summed E-state index contributed by atoms with van der Waals surface area (Å²) >= 11 is 22.2. The summed E-state index contributed by atoms with van der Waals surface area (Å²) in [6.45, 7) is 0. The van der Waals surface area contributed by atoms with Gasteiger partial charge in [0.1, 0.15) is 0 Å². The molecule has 0 saturated heterocycles. The quantitative estimate of drug-likeness (QED) is 0.521. The summed E-state index contributed by atoms with van der Waals surface area (Å²) in [4.78, 5) is 0.00865. The molecule has 0 atom stereocenters. The molecular formula is C14H10BrCl3O2S2. The van der Waals surface area contributed by atoms with Crippen LogP contribution in [0.2, 0.25) is 5.02 Å². The second-order valence-electron chi connectivity index (χ2n) is 4.32. The summed E-state index contributed by atoms with van der Waals surface area (Å²) < 4.78 is 23.7. The number of hydrogen-bond donors (Lipinski definition) is 0. The fourth-order valence-corrected chi connectivity index (χ4v) is 5.52. The van der Waals surface area contributed by atoms with Gasteiger partial charge in [-0.1, -0.05) is 65.1 Å². The van der Waals surface area contributed by atoms with Crippen molar-refractivity contribution in [2.45, 2.75) is 13.6 Å². The smallest absolute Gasteiger partial charge is 0.220 e. The molecule has 0 aromatic heterocycles. The summed E-state index contributed by atoms with van der Waals surface area (Å²) in [5, 5.41) is 0.408. The van der Waals surface area contributed by atoms with Gasteiger partial charge in [0.15, 0.2) is 0 Å².